The lowest BCUT2D eigenvalue weighted by molar-refractivity contribution is 0.306. The molecule has 0 fully saturated rings. The highest BCUT2D eigenvalue weighted by molar-refractivity contribution is 6.31. The predicted molar refractivity (Wildman–Crippen MR) is 72.0 cm³/mol. The lowest BCUT2D eigenvalue weighted by Crippen LogP contribution is -1.95. The fourth-order valence-electron chi connectivity index (χ4n) is 1.47. The van der Waals surface area contributed by atoms with Crippen LogP contribution in [-0.2, 0) is 6.61 Å². The van der Waals surface area contributed by atoms with Gasteiger partial charge in [-0.2, -0.15) is 5.26 Å². The molecule has 0 saturated carbocycles. The van der Waals surface area contributed by atoms with E-state index < -0.39 is 0 Å². The van der Waals surface area contributed by atoms with Crippen molar-refractivity contribution in [2.75, 3.05) is 0 Å². The summed E-state index contributed by atoms with van der Waals surface area (Å²) in [5, 5.41) is 9.82. The summed E-state index contributed by atoms with van der Waals surface area (Å²) in [7, 11) is 0. The smallest absolute Gasteiger partial charge is 0.121 e. The molecule has 0 spiro atoms. The van der Waals surface area contributed by atoms with Crippen molar-refractivity contribution in [2.24, 2.45) is 0 Å². The maximum atomic E-state index is 8.76. The van der Waals surface area contributed by atoms with Crippen LogP contribution in [0.15, 0.2) is 42.5 Å². The average Bonchev–Trinajstić information content (AvgIpc) is 2.37. The Morgan fingerprint density at radius 1 is 1.11 bits per heavy atom. The van der Waals surface area contributed by atoms with E-state index >= 15 is 0 Å². The first-order valence-electron chi connectivity index (χ1n) is 5.26. The Kier molecular flexibility index (Phi) is 4.09. The third kappa shape index (κ3) is 3.16. The van der Waals surface area contributed by atoms with E-state index in [0.717, 1.165) is 5.56 Å². The van der Waals surface area contributed by atoms with Gasteiger partial charge in [-0.1, -0.05) is 35.3 Å². The summed E-state index contributed by atoms with van der Waals surface area (Å²) in [6, 6.07) is 14.4. The van der Waals surface area contributed by atoms with Gasteiger partial charge in [0.2, 0.25) is 0 Å². The minimum absolute atomic E-state index is 0.390. The molecule has 0 bridgehead atoms. The highest BCUT2D eigenvalue weighted by atomic mass is 35.5. The molecule has 4 heteroatoms. The van der Waals surface area contributed by atoms with Crippen molar-refractivity contribution < 1.29 is 4.74 Å². The van der Waals surface area contributed by atoms with Crippen molar-refractivity contribution in [2.45, 2.75) is 6.61 Å². The van der Waals surface area contributed by atoms with Crippen molar-refractivity contribution in [3.63, 3.8) is 0 Å². The van der Waals surface area contributed by atoms with Crippen molar-refractivity contribution in [1.29, 1.82) is 5.26 Å². The van der Waals surface area contributed by atoms with Crippen LogP contribution in [0.3, 0.4) is 0 Å². The molecule has 2 aromatic rings. The standard InChI is InChI=1S/C14H9Cl2NO/c15-12-3-1-2-10(6-12)9-18-13-5-4-11(8-17)14(16)7-13/h1-7H,9H2. The van der Waals surface area contributed by atoms with Crippen molar-refractivity contribution in [3.05, 3.63) is 63.6 Å². The minimum Gasteiger partial charge on any atom is -0.489 e. The van der Waals surface area contributed by atoms with Gasteiger partial charge in [0.15, 0.2) is 0 Å². The van der Waals surface area contributed by atoms with Crippen LogP contribution in [-0.4, -0.2) is 0 Å². The Hall–Kier alpha value is -1.69. The molecule has 0 heterocycles. The van der Waals surface area contributed by atoms with Gasteiger partial charge in [0.25, 0.3) is 0 Å². The Bertz CT molecular complexity index is 605. The summed E-state index contributed by atoms with van der Waals surface area (Å²) in [5.74, 6) is 0.624. The van der Waals surface area contributed by atoms with Crippen molar-refractivity contribution >= 4 is 23.2 Å². The highest BCUT2D eigenvalue weighted by Gasteiger charge is 2.02. The number of benzene rings is 2. The first kappa shape index (κ1) is 12.8. The van der Waals surface area contributed by atoms with Gasteiger partial charge >= 0.3 is 0 Å². The van der Waals surface area contributed by atoms with E-state index in [0.29, 0.717) is 28.0 Å². The van der Waals surface area contributed by atoms with Crippen LogP contribution in [0.1, 0.15) is 11.1 Å². The maximum Gasteiger partial charge on any atom is 0.121 e. The second kappa shape index (κ2) is 5.77. The molecule has 2 aromatic carbocycles. The third-order valence-electron chi connectivity index (χ3n) is 2.36. The van der Waals surface area contributed by atoms with Gasteiger partial charge in [-0.05, 0) is 29.8 Å². The molecule has 0 aliphatic carbocycles. The number of halogens is 2. The molecule has 18 heavy (non-hydrogen) atoms. The molecule has 0 aromatic heterocycles. The molecule has 0 atom stereocenters. The summed E-state index contributed by atoms with van der Waals surface area (Å²) >= 11 is 11.8. The second-order valence-corrected chi connectivity index (χ2v) is 4.52. The number of hydrogen-bond donors (Lipinski definition) is 0. The molecule has 0 unspecified atom stereocenters. The first-order valence-corrected chi connectivity index (χ1v) is 6.01. The summed E-state index contributed by atoms with van der Waals surface area (Å²) in [6.45, 7) is 0.406. The van der Waals surface area contributed by atoms with Crippen molar-refractivity contribution in [1.82, 2.24) is 0 Å². The summed E-state index contributed by atoms with van der Waals surface area (Å²) in [5.41, 5.74) is 1.41. The fourth-order valence-corrected chi connectivity index (χ4v) is 1.90. The number of rotatable bonds is 3. The van der Waals surface area contributed by atoms with E-state index in [2.05, 4.69) is 0 Å². The molecule has 0 N–H and O–H groups in total. The molecule has 0 saturated heterocycles. The molecular formula is C14H9Cl2NO. The van der Waals surface area contributed by atoms with Gasteiger partial charge in [0.05, 0.1) is 10.6 Å². The van der Waals surface area contributed by atoms with E-state index in [4.69, 9.17) is 33.2 Å². The van der Waals surface area contributed by atoms with E-state index in [9.17, 15) is 0 Å². The van der Waals surface area contributed by atoms with Gasteiger partial charge in [0, 0.05) is 11.1 Å². The number of nitriles is 1. The molecule has 2 nitrogen and oxygen atoms in total. The molecule has 0 amide bonds. The first-order chi connectivity index (χ1) is 8.69. The zero-order valence-electron chi connectivity index (χ0n) is 9.36. The van der Waals surface area contributed by atoms with Crippen LogP contribution in [0.4, 0.5) is 0 Å². The Balaban J connectivity index is 2.07. The summed E-state index contributed by atoms with van der Waals surface area (Å²) in [6.07, 6.45) is 0. The Morgan fingerprint density at radius 3 is 2.61 bits per heavy atom. The third-order valence-corrected chi connectivity index (χ3v) is 2.90. The summed E-state index contributed by atoms with van der Waals surface area (Å²) in [4.78, 5) is 0. The molecular weight excluding hydrogens is 269 g/mol. The van der Waals surface area contributed by atoms with Gasteiger partial charge in [0.1, 0.15) is 18.4 Å². The van der Waals surface area contributed by atoms with E-state index in [1.807, 2.05) is 30.3 Å². The topological polar surface area (TPSA) is 33.0 Å². The van der Waals surface area contributed by atoms with Gasteiger partial charge in [-0.15, -0.1) is 0 Å². The van der Waals surface area contributed by atoms with Crippen LogP contribution in [0, 0.1) is 11.3 Å². The zero-order chi connectivity index (χ0) is 13.0. The number of hydrogen-bond acceptors (Lipinski definition) is 2. The molecule has 90 valence electrons. The van der Waals surface area contributed by atoms with Gasteiger partial charge < -0.3 is 4.74 Å². The normalized spacial score (nSPS) is 9.83. The lowest BCUT2D eigenvalue weighted by atomic mass is 10.2. The highest BCUT2D eigenvalue weighted by Crippen LogP contribution is 2.23. The zero-order valence-corrected chi connectivity index (χ0v) is 10.9. The minimum atomic E-state index is 0.390. The molecule has 2 rings (SSSR count). The van der Waals surface area contributed by atoms with Crippen LogP contribution < -0.4 is 4.74 Å². The summed E-state index contributed by atoms with van der Waals surface area (Å²) < 4.78 is 5.57. The van der Waals surface area contributed by atoms with E-state index in [-0.39, 0.29) is 0 Å². The maximum absolute atomic E-state index is 8.76. The SMILES string of the molecule is N#Cc1ccc(OCc2cccc(Cl)c2)cc1Cl. The van der Waals surface area contributed by atoms with Crippen molar-refractivity contribution in [3.8, 4) is 11.8 Å². The van der Waals surface area contributed by atoms with Crippen LogP contribution in [0.2, 0.25) is 10.0 Å². The largest absolute Gasteiger partial charge is 0.489 e. The lowest BCUT2D eigenvalue weighted by Gasteiger charge is -2.07. The molecule has 0 radical (unpaired) electrons. The fraction of sp³-hybridized carbons (Fsp3) is 0.0714. The molecule has 0 aliphatic rings. The average molecular weight is 278 g/mol. The van der Waals surface area contributed by atoms with Crippen LogP contribution in [0.25, 0.3) is 0 Å². The molecule has 0 aliphatic heterocycles. The quantitative estimate of drug-likeness (QED) is 0.831. The van der Waals surface area contributed by atoms with Crippen LogP contribution >= 0.6 is 23.2 Å². The number of nitrogens with zero attached hydrogens (tertiary/aromatic N) is 1. The van der Waals surface area contributed by atoms with Gasteiger partial charge in [-0.25, -0.2) is 0 Å². The van der Waals surface area contributed by atoms with E-state index in [1.54, 1.807) is 18.2 Å². The Morgan fingerprint density at radius 2 is 1.94 bits per heavy atom. The predicted octanol–water partition coefficient (Wildman–Crippen LogP) is 4.44. The number of ether oxygens (including phenoxy) is 1. The Labute approximate surface area is 115 Å². The monoisotopic (exact) mass is 277 g/mol. The van der Waals surface area contributed by atoms with Crippen LogP contribution in [0.5, 0.6) is 5.75 Å². The van der Waals surface area contributed by atoms with E-state index in [1.165, 1.54) is 0 Å². The second-order valence-electron chi connectivity index (χ2n) is 3.67. The van der Waals surface area contributed by atoms with Gasteiger partial charge in [-0.3, -0.25) is 0 Å².